The van der Waals surface area contributed by atoms with Crippen LogP contribution in [-0.2, 0) is 16.4 Å². The number of sulfone groups is 1. The summed E-state index contributed by atoms with van der Waals surface area (Å²) in [5, 5.41) is 0.567. The van der Waals surface area contributed by atoms with Gasteiger partial charge in [0.25, 0.3) is 5.91 Å². The van der Waals surface area contributed by atoms with E-state index in [9.17, 15) is 13.2 Å². The summed E-state index contributed by atoms with van der Waals surface area (Å²) in [6.45, 7) is 4.44. The van der Waals surface area contributed by atoms with E-state index in [4.69, 9.17) is 9.72 Å². The monoisotopic (exact) mass is 480 g/mol. The van der Waals surface area contributed by atoms with Crippen LogP contribution >= 0.6 is 11.3 Å². The van der Waals surface area contributed by atoms with Gasteiger partial charge in [0.1, 0.15) is 5.75 Å². The third-order valence-corrected chi connectivity index (χ3v) is 7.95. The van der Waals surface area contributed by atoms with Gasteiger partial charge < -0.3 is 4.74 Å². The highest BCUT2D eigenvalue weighted by atomic mass is 32.2. The van der Waals surface area contributed by atoms with E-state index in [0.29, 0.717) is 23.8 Å². The van der Waals surface area contributed by atoms with Crippen molar-refractivity contribution < 1.29 is 17.9 Å². The molecule has 3 aromatic carbocycles. The lowest BCUT2D eigenvalue weighted by molar-refractivity contribution is 0.0985. The van der Waals surface area contributed by atoms with Gasteiger partial charge in [-0.1, -0.05) is 48.6 Å². The molecule has 0 bridgehead atoms. The van der Waals surface area contributed by atoms with Crippen molar-refractivity contribution in [2.24, 2.45) is 0 Å². The van der Waals surface area contributed by atoms with Gasteiger partial charge in [-0.3, -0.25) is 9.69 Å². The minimum absolute atomic E-state index is 0.00979. The fraction of sp³-hybridized carbons (Fsp3) is 0.200. The summed E-state index contributed by atoms with van der Waals surface area (Å²) in [7, 11) is -3.33. The molecule has 0 aliphatic heterocycles. The number of amides is 1. The number of anilines is 1. The molecule has 170 valence electrons. The SMILES string of the molecule is CCOc1ccc2nc(N(Cc3ccccc3)C(=O)c3ccc(S(=O)(=O)CC)cc3)sc2c1. The van der Waals surface area contributed by atoms with Crippen LogP contribution in [0.4, 0.5) is 5.13 Å². The topological polar surface area (TPSA) is 76.6 Å². The molecule has 0 aliphatic rings. The summed E-state index contributed by atoms with van der Waals surface area (Å²) in [5.41, 5.74) is 2.15. The predicted octanol–water partition coefficient (Wildman–Crippen LogP) is 5.34. The van der Waals surface area contributed by atoms with Gasteiger partial charge in [0, 0.05) is 5.56 Å². The first-order valence-electron chi connectivity index (χ1n) is 10.6. The molecule has 4 aromatic rings. The molecule has 0 spiro atoms. The molecule has 0 N–H and O–H groups in total. The first-order chi connectivity index (χ1) is 15.9. The highest BCUT2D eigenvalue weighted by Crippen LogP contribution is 2.33. The van der Waals surface area contributed by atoms with Gasteiger partial charge in [0.2, 0.25) is 0 Å². The largest absolute Gasteiger partial charge is 0.494 e. The first kappa shape index (κ1) is 22.9. The molecule has 0 unspecified atom stereocenters. The third-order valence-electron chi connectivity index (χ3n) is 5.16. The van der Waals surface area contributed by atoms with Crippen molar-refractivity contribution in [2.75, 3.05) is 17.3 Å². The van der Waals surface area contributed by atoms with E-state index in [0.717, 1.165) is 21.5 Å². The maximum atomic E-state index is 13.5. The molecule has 33 heavy (non-hydrogen) atoms. The Balaban J connectivity index is 1.72. The summed E-state index contributed by atoms with van der Waals surface area (Å²) in [6, 6.07) is 21.5. The van der Waals surface area contributed by atoms with Crippen LogP contribution in [0.1, 0.15) is 29.8 Å². The maximum absolute atomic E-state index is 13.5. The lowest BCUT2D eigenvalue weighted by Crippen LogP contribution is -2.30. The average molecular weight is 481 g/mol. The second-order valence-electron chi connectivity index (χ2n) is 7.36. The summed E-state index contributed by atoms with van der Waals surface area (Å²) < 4.78 is 30.8. The Bertz CT molecular complexity index is 1360. The van der Waals surface area contributed by atoms with E-state index in [2.05, 4.69) is 0 Å². The highest BCUT2D eigenvalue weighted by Gasteiger charge is 2.23. The van der Waals surface area contributed by atoms with Crippen molar-refractivity contribution >= 4 is 42.4 Å². The van der Waals surface area contributed by atoms with Crippen molar-refractivity contribution in [3.63, 3.8) is 0 Å². The molecular formula is C25H24N2O4S2. The zero-order valence-electron chi connectivity index (χ0n) is 18.4. The Morgan fingerprint density at radius 1 is 1.00 bits per heavy atom. The number of thiazole rings is 1. The average Bonchev–Trinajstić information content (AvgIpc) is 3.26. The molecule has 0 saturated carbocycles. The summed E-state index contributed by atoms with van der Waals surface area (Å²) >= 11 is 1.42. The zero-order valence-corrected chi connectivity index (χ0v) is 20.0. The quantitative estimate of drug-likeness (QED) is 0.340. The van der Waals surface area contributed by atoms with Crippen LogP contribution in [0.15, 0.2) is 77.7 Å². The minimum atomic E-state index is -3.33. The number of carbonyl (C=O) groups is 1. The molecule has 1 amide bonds. The molecule has 0 fully saturated rings. The Hall–Kier alpha value is -3.23. The number of benzene rings is 3. The van der Waals surface area contributed by atoms with Crippen molar-refractivity contribution in [1.29, 1.82) is 0 Å². The van der Waals surface area contributed by atoms with Crippen molar-refractivity contribution in [3.05, 3.63) is 83.9 Å². The molecule has 0 aliphatic carbocycles. The van der Waals surface area contributed by atoms with Gasteiger partial charge in [-0.25, -0.2) is 13.4 Å². The van der Waals surface area contributed by atoms with E-state index in [-0.39, 0.29) is 16.6 Å². The van der Waals surface area contributed by atoms with E-state index in [1.165, 1.54) is 23.5 Å². The van der Waals surface area contributed by atoms with Gasteiger partial charge in [-0.15, -0.1) is 0 Å². The van der Waals surface area contributed by atoms with Gasteiger partial charge in [-0.2, -0.15) is 0 Å². The number of aromatic nitrogens is 1. The third kappa shape index (κ3) is 5.07. The minimum Gasteiger partial charge on any atom is -0.494 e. The van der Waals surface area contributed by atoms with Gasteiger partial charge in [-0.05, 0) is 55.0 Å². The van der Waals surface area contributed by atoms with Crippen LogP contribution in [0.5, 0.6) is 5.75 Å². The molecule has 8 heteroatoms. The Kier molecular flexibility index (Phi) is 6.76. The maximum Gasteiger partial charge on any atom is 0.260 e. The molecule has 6 nitrogen and oxygen atoms in total. The van der Waals surface area contributed by atoms with Crippen LogP contribution in [0.2, 0.25) is 0 Å². The predicted molar refractivity (Wildman–Crippen MR) is 132 cm³/mol. The number of nitrogens with zero attached hydrogens (tertiary/aromatic N) is 2. The van der Waals surface area contributed by atoms with Crippen LogP contribution in [0.25, 0.3) is 10.2 Å². The second-order valence-corrected chi connectivity index (χ2v) is 10.7. The number of rotatable bonds is 8. The lowest BCUT2D eigenvalue weighted by Gasteiger charge is -2.20. The fourth-order valence-electron chi connectivity index (χ4n) is 3.38. The summed E-state index contributed by atoms with van der Waals surface area (Å²) in [6.07, 6.45) is 0. The number of hydrogen-bond acceptors (Lipinski definition) is 6. The number of carbonyl (C=O) groups excluding carboxylic acids is 1. The molecule has 0 radical (unpaired) electrons. The van der Waals surface area contributed by atoms with E-state index >= 15 is 0 Å². The van der Waals surface area contributed by atoms with Crippen LogP contribution in [0.3, 0.4) is 0 Å². The molecule has 1 aromatic heterocycles. The number of ether oxygens (including phenoxy) is 1. The normalized spacial score (nSPS) is 11.5. The van der Waals surface area contributed by atoms with E-state index in [1.807, 2.05) is 55.5 Å². The van der Waals surface area contributed by atoms with E-state index < -0.39 is 9.84 Å². The summed E-state index contributed by atoms with van der Waals surface area (Å²) in [5.74, 6) is 0.521. The first-order valence-corrected chi connectivity index (χ1v) is 13.1. The molecule has 0 atom stereocenters. The fourth-order valence-corrected chi connectivity index (χ4v) is 5.26. The molecule has 0 saturated heterocycles. The van der Waals surface area contributed by atoms with Crippen molar-refractivity contribution in [2.45, 2.75) is 25.3 Å². The zero-order chi connectivity index (χ0) is 23.4. The smallest absolute Gasteiger partial charge is 0.260 e. The van der Waals surface area contributed by atoms with Gasteiger partial charge >= 0.3 is 0 Å². The van der Waals surface area contributed by atoms with Crippen molar-refractivity contribution in [1.82, 2.24) is 4.98 Å². The Labute approximate surface area is 197 Å². The molecular weight excluding hydrogens is 456 g/mol. The molecule has 4 rings (SSSR count). The molecule has 1 heterocycles. The number of hydrogen-bond donors (Lipinski definition) is 0. The Morgan fingerprint density at radius 3 is 2.39 bits per heavy atom. The van der Waals surface area contributed by atoms with Gasteiger partial charge in [0.05, 0.1) is 34.0 Å². The van der Waals surface area contributed by atoms with Crippen LogP contribution in [-0.4, -0.2) is 31.7 Å². The van der Waals surface area contributed by atoms with Crippen LogP contribution in [0, 0.1) is 0 Å². The highest BCUT2D eigenvalue weighted by molar-refractivity contribution is 7.91. The number of fused-ring (bicyclic) bond motifs is 1. The standard InChI is InChI=1S/C25H24N2O4S2/c1-3-31-20-12-15-22-23(16-20)32-25(26-22)27(17-18-8-6-5-7-9-18)24(28)19-10-13-21(14-11-19)33(29,30)4-2/h5-16H,3-4,17H2,1-2H3. The lowest BCUT2D eigenvalue weighted by atomic mass is 10.1. The summed E-state index contributed by atoms with van der Waals surface area (Å²) in [4.78, 5) is 20.1. The second kappa shape index (κ2) is 9.72. The van der Waals surface area contributed by atoms with Crippen LogP contribution < -0.4 is 9.64 Å². The van der Waals surface area contributed by atoms with E-state index in [1.54, 1.807) is 24.0 Å². The Morgan fingerprint density at radius 2 is 1.73 bits per heavy atom. The van der Waals surface area contributed by atoms with Gasteiger partial charge in [0.15, 0.2) is 15.0 Å². The van der Waals surface area contributed by atoms with Crippen molar-refractivity contribution in [3.8, 4) is 5.75 Å².